The van der Waals surface area contributed by atoms with Crippen molar-refractivity contribution >= 4 is 5.91 Å². The summed E-state index contributed by atoms with van der Waals surface area (Å²) >= 11 is 0. The molecule has 21 heavy (non-hydrogen) atoms. The van der Waals surface area contributed by atoms with Crippen molar-refractivity contribution in [2.75, 3.05) is 33.2 Å². The number of likely N-dealkylation sites (N-methyl/N-ethyl adjacent to an activating group) is 1. The normalized spacial score (nSPS) is 26.1. The summed E-state index contributed by atoms with van der Waals surface area (Å²) in [5, 5.41) is 6.13. The van der Waals surface area contributed by atoms with Crippen LogP contribution < -0.4 is 10.6 Å². The Hall–Kier alpha value is -1.39. The monoisotopic (exact) mass is 287 g/mol. The second-order valence-electron chi connectivity index (χ2n) is 6.12. The summed E-state index contributed by atoms with van der Waals surface area (Å²) in [6.07, 6.45) is 3.70. The minimum absolute atomic E-state index is 0.0298. The quantitative estimate of drug-likeness (QED) is 0.876. The second kappa shape index (κ2) is 6.58. The van der Waals surface area contributed by atoms with E-state index in [-0.39, 0.29) is 11.9 Å². The number of amides is 1. The molecular weight excluding hydrogens is 262 g/mol. The predicted octanol–water partition coefficient (Wildman–Crippen LogP) is 1.13. The standard InChI is InChI=1S/C17H25N3O/c1-18-17(21)16-11-19-9-10-20(16)12-14-7-4-6-13-5-2-3-8-15(13)14/h2-3,5,8,14,16,19H,4,6-7,9-12H2,1H3,(H,18,21). The topological polar surface area (TPSA) is 44.4 Å². The van der Waals surface area contributed by atoms with E-state index >= 15 is 0 Å². The van der Waals surface area contributed by atoms with Crippen molar-refractivity contribution in [3.05, 3.63) is 35.4 Å². The Morgan fingerprint density at radius 3 is 3.14 bits per heavy atom. The van der Waals surface area contributed by atoms with Gasteiger partial charge in [0.1, 0.15) is 6.04 Å². The molecule has 1 saturated heterocycles. The van der Waals surface area contributed by atoms with Crippen LogP contribution in [0.1, 0.15) is 29.9 Å². The van der Waals surface area contributed by atoms with Crippen LogP contribution >= 0.6 is 0 Å². The van der Waals surface area contributed by atoms with Gasteiger partial charge in [0, 0.05) is 33.2 Å². The Morgan fingerprint density at radius 1 is 1.43 bits per heavy atom. The number of carbonyl (C=O) groups excluding carboxylic acids is 1. The molecule has 1 amide bonds. The Morgan fingerprint density at radius 2 is 2.29 bits per heavy atom. The summed E-state index contributed by atoms with van der Waals surface area (Å²) in [4.78, 5) is 14.4. The van der Waals surface area contributed by atoms with Gasteiger partial charge in [0.2, 0.25) is 5.91 Å². The highest BCUT2D eigenvalue weighted by atomic mass is 16.2. The van der Waals surface area contributed by atoms with Gasteiger partial charge in [0.05, 0.1) is 0 Å². The molecule has 1 aliphatic heterocycles. The van der Waals surface area contributed by atoms with E-state index < -0.39 is 0 Å². The first kappa shape index (κ1) is 14.5. The lowest BCUT2D eigenvalue weighted by Gasteiger charge is -2.38. The van der Waals surface area contributed by atoms with E-state index in [1.807, 2.05) is 0 Å². The molecule has 0 aromatic heterocycles. The van der Waals surface area contributed by atoms with Crippen LogP contribution in [0.4, 0.5) is 0 Å². The fourth-order valence-electron chi connectivity index (χ4n) is 3.72. The van der Waals surface area contributed by atoms with E-state index in [1.54, 1.807) is 7.05 Å². The number of fused-ring (bicyclic) bond motifs is 1. The maximum Gasteiger partial charge on any atom is 0.238 e. The largest absolute Gasteiger partial charge is 0.358 e. The van der Waals surface area contributed by atoms with Crippen molar-refractivity contribution < 1.29 is 4.79 Å². The summed E-state index contributed by atoms with van der Waals surface area (Å²) in [5.41, 5.74) is 3.00. The van der Waals surface area contributed by atoms with Crippen LogP contribution in [0.2, 0.25) is 0 Å². The van der Waals surface area contributed by atoms with Crippen molar-refractivity contribution in [3.63, 3.8) is 0 Å². The van der Waals surface area contributed by atoms with Crippen LogP contribution in [0, 0.1) is 0 Å². The van der Waals surface area contributed by atoms with Gasteiger partial charge in [0.25, 0.3) is 0 Å². The minimum atomic E-state index is -0.0298. The predicted molar refractivity (Wildman–Crippen MR) is 84.4 cm³/mol. The molecule has 0 bridgehead atoms. The molecule has 2 unspecified atom stereocenters. The van der Waals surface area contributed by atoms with Gasteiger partial charge in [-0.2, -0.15) is 0 Å². The molecule has 2 N–H and O–H groups in total. The number of rotatable bonds is 3. The Labute approximate surface area is 126 Å². The number of nitrogens with zero attached hydrogens (tertiary/aromatic N) is 1. The molecule has 2 aliphatic rings. The third-order valence-corrected chi connectivity index (χ3v) is 4.85. The van der Waals surface area contributed by atoms with Crippen LogP contribution in [-0.2, 0) is 11.2 Å². The van der Waals surface area contributed by atoms with Crippen molar-refractivity contribution in [2.45, 2.75) is 31.2 Å². The SMILES string of the molecule is CNC(=O)C1CNCCN1CC1CCCc2ccccc21. The molecule has 1 aromatic carbocycles. The number of benzene rings is 1. The van der Waals surface area contributed by atoms with Crippen molar-refractivity contribution in [1.29, 1.82) is 0 Å². The van der Waals surface area contributed by atoms with Gasteiger partial charge in [0.15, 0.2) is 0 Å². The lowest BCUT2D eigenvalue weighted by Crippen LogP contribution is -2.58. The molecule has 1 heterocycles. The highest BCUT2D eigenvalue weighted by molar-refractivity contribution is 5.81. The Kier molecular flexibility index (Phi) is 4.56. The van der Waals surface area contributed by atoms with Gasteiger partial charge in [-0.25, -0.2) is 0 Å². The number of hydrogen-bond acceptors (Lipinski definition) is 3. The molecule has 1 aliphatic carbocycles. The summed E-state index contributed by atoms with van der Waals surface area (Å²) in [7, 11) is 1.73. The fraction of sp³-hybridized carbons (Fsp3) is 0.588. The van der Waals surface area contributed by atoms with Crippen LogP contribution in [0.25, 0.3) is 0 Å². The zero-order chi connectivity index (χ0) is 14.7. The smallest absolute Gasteiger partial charge is 0.238 e. The fourth-order valence-corrected chi connectivity index (χ4v) is 3.72. The maximum absolute atomic E-state index is 12.1. The van der Waals surface area contributed by atoms with Crippen LogP contribution in [0.5, 0.6) is 0 Å². The molecule has 0 radical (unpaired) electrons. The molecule has 4 nitrogen and oxygen atoms in total. The average molecular weight is 287 g/mol. The Balaban J connectivity index is 1.75. The van der Waals surface area contributed by atoms with Gasteiger partial charge in [-0.3, -0.25) is 9.69 Å². The van der Waals surface area contributed by atoms with Gasteiger partial charge in [-0.15, -0.1) is 0 Å². The van der Waals surface area contributed by atoms with Gasteiger partial charge in [-0.05, 0) is 36.3 Å². The molecule has 0 saturated carbocycles. The van der Waals surface area contributed by atoms with E-state index in [9.17, 15) is 4.79 Å². The minimum Gasteiger partial charge on any atom is -0.358 e. The molecule has 0 spiro atoms. The summed E-state index contributed by atoms with van der Waals surface area (Å²) in [5.74, 6) is 0.700. The zero-order valence-corrected chi connectivity index (χ0v) is 12.8. The lowest BCUT2D eigenvalue weighted by molar-refractivity contribution is -0.126. The first-order valence-electron chi connectivity index (χ1n) is 8.03. The van der Waals surface area contributed by atoms with E-state index in [1.165, 1.54) is 30.4 Å². The highest BCUT2D eigenvalue weighted by Crippen LogP contribution is 2.32. The van der Waals surface area contributed by atoms with Crippen molar-refractivity contribution in [3.8, 4) is 0 Å². The number of aryl methyl sites for hydroxylation is 1. The summed E-state index contributed by atoms with van der Waals surface area (Å²) in [6, 6.07) is 8.79. The van der Waals surface area contributed by atoms with E-state index in [4.69, 9.17) is 0 Å². The first-order valence-corrected chi connectivity index (χ1v) is 8.03. The number of piperazine rings is 1. The molecule has 3 rings (SSSR count). The Bertz CT molecular complexity index is 503. The van der Waals surface area contributed by atoms with E-state index in [0.29, 0.717) is 5.92 Å². The van der Waals surface area contributed by atoms with Crippen LogP contribution in [0.15, 0.2) is 24.3 Å². The summed E-state index contributed by atoms with van der Waals surface area (Å²) in [6.45, 7) is 3.68. The zero-order valence-electron chi connectivity index (χ0n) is 12.8. The summed E-state index contributed by atoms with van der Waals surface area (Å²) < 4.78 is 0. The molecule has 2 atom stereocenters. The number of nitrogens with one attached hydrogen (secondary N) is 2. The first-order chi connectivity index (χ1) is 10.3. The molecule has 1 fully saturated rings. The molecule has 1 aromatic rings. The van der Waals surface area contributed by atoms with Crippen LogP contribution in [0.3, 0.4) is 0 Å². The molecular formula is C17H25N3O. The highest BCUT2D eigenvalue weighted by Gasteiger charge is 2.31. The maximum atomic E-state index is 12.1. The third kappa shape index (κ3) is 3.11. The van der Waals surface area contributed by atoms with Gasteiger partial charge < -0.3 is 10.6 Å². The van der Waals surface area contributed by atoms with Crippen LogP contribution in [-0.4, -0.2) is 50.1 Å². The third-order valence-electron chi connectivity index (χ3n) is 4.85. The van der Waals surface area contributed by atoms with E-state index in [0.717, 1.165) is 26.2 Å². The van der Waals surface area contributed by atoms with Crippen molar-refractivity contribution in [2.24, 2.45) is 0 Å². The molecule has 114 valence electrons. The number of carbonyl (C=O) groups is 1. The second-order valence-corrected chi connectivity index (χ2v) is 6.12. The average Bonchev–Trinajstić information content (AvgIpc) is 2.55. The lowest BCUT2D eigenvalue weighted by atomic mass is 9.82. The number of hydrogen-bond donors (Lipinski definition) is 2. The van der Waals surface area contributed by atoms with Crippen molar-refractivity contribution in [1.82, 2.24) is 15.5 Å². The van der Waals surface area contributed by atoms with Gasteiger partial charge >= 0.3 is 0 Å². The van der Waals surface area contributed by atoms with Gasteiger partial charge in [-0.1, -0.05) is 24.3 Å². The molecule has 4 heteroatoms. The van der Waals surface area contributed by atoms with E-state index in [2.05, 4.69) is 39.8 Å².